The lowest BCUT2D eigenvalue weighted by Gasteiger charge is -2.33. The minimum atomic E-state index is -4.14. The Bertz CT molecular complexity index is 802. The highest BCUT2D eigenvalue weighted by atomic mass is 32.2. The number of nitrogens with one attached hydrogen (secondary N) is 2. The second-order valence-corrected chi connectivity index (χ2v) is 7.88. The molecule has 4 N–H and O–H groups in total. The summed E-state index contributed by atoms with van der Waals surface area (Å²) in [4.78, 5) is 22.8. The first-order valence-electron chi connectivity index (χ1n) is 7.72. The van der Waals surface area contributed by atoms with E-state index in [1.165, 1.54) is 13.0 Å². The molecule has 0 saturated heterocycles. The molecule has 2 amide bonds. The lowest BCUT2D eigenvalue weighted by Crippen LogP contribution is -2.61. The zero-order chi connectivity index (χ0) is 18.8. The lowest BCUT2D eigenvalue weighted by atomic mass is 9.86. The zero-order valence-corrected chi connectivity index (χ0v) is 14.5. The molecule has 10 heteroatoms. The van der Waals surface area contributed by atoms with Gasteiger partial charge in [0.15, 0.2) is 0 Å². The zero-order valence-electron chi connectivity index (χ0n) is 13.7. The van der Waals surface area contributed by atoms with Gasteiger partial charge in [0.05, 0.1) is 0 Å². The van der Waals surface area contributed by atoms with Crippen molar-refractivity contribution < 1.29 is 22.4 Å². The molecule has 0 aliphatic heterocycles. The SMILES string of the molecule is [B]c1ccc(S(=O)(=O)NCC2CCCC2(NC(C)=O)C(N)=O)c(F)c1. The van der Waals surface area contributed by atoms with Crippen LogP contribution in [-0.4, -0.2) is 40.2 Å². The number of carbonyl (C=O) groups excluding carboxylic acids is 2. The predicted octanol–water partition coefficient (Wildman–Crippen LogP) is -0.942. The van der Waals surface area contributed by atoms with Crippen molar-refractivity contribution >= 4 is 35.1 Å². The third-order valence-electron chi connectivity index (χ3n) is 4.42. The second kappa shape index (κ2) is 7.13. The molecule has 2 radical (unpaired) electrons. The Morgan fingerprint density at radius 2 is 2.12 bits per heavy atom. The van der Waals surface area contributed by atoms with E-state index < -0.39 is 44.0 Å². The maximum atomic E-state index is 13.9. The number of carbonyl (C=O) groups is 2. The third kappa shape index (κ3) is 4.01. The number of primary amides is 1. The molecule has 0 heterocycles. The summed E-state index contributed by atoms with van der Waals surface area (Å²) in [5.74, 6) is -2.65. The Kier molecular flexibility index (Phi) is 5.53. The van der Waals surface area contributed by atoms with Crippen LogP contribution in [0.1, 0.15) is 26.2 Å². The van der Waals surface area contributed by atoms with Gasteiger partial charge >= 0.3 is 0 Å². The van der Waals surface area contributed by atoms with E-state index in [0.29, 0.717) is 19.3 Å². The van der Waals surface area contributed by atoms with E-state index >= 15 is 0 Å². The van der Waals surface area contributed by atoms with Crippen LogP contribution in [0.15, 0.2) is 23.1 Å². The normalized spacial score (nSPS) is 23.4. The number of hydrogen-bond donors (Lipinski definition) is 3. The van der Waals surface area contributed by atoms with Crippen LogP contribution in [0.4, 0.5) is 4.39 Å². The summed E-state index contributed by atoms with van der Waals surface area (Å²) in [5.41, 5.74) is 4.25. The van der Waals surface area contributed by atoms with E-state index in [9.17, 15) is 22.4 Å². The highest BCUT2D eigenvalue weighted by molar-refractivity contribution is 7.89. The van der Waals surface area contributed by atoms with Crippen LogP contribution >= 0.6 is 0 Å². The topological polar surface area (TPSA) is 118 Å². The van der Waals surface area contributed by atoms with Crippen molar-refractivity contribution in [1.29, 1.82) is 0 Å². The van der Waals surface area contributed by atoms with E-state index in [4.69, 9.17) is 13.6 Å². The molecule has 1 aromatic carbocycles. The molecule has 1 aliphatic rings. The maximum Gasteiger partial charge on any atom is 0.243 e. The van der Waals surface area contributed by atoms with Gasteiger partial charge in [-0.15, -0.1) is 0 Å². The van der Waals surface area contributed by atoms with Crippen molar-refractivity contribution in [2.45, 2.75) is 36.6 Å². The van der Waals surface area contributed by atoms with Crippen molar-refractivity contribution in [3.63, 3.8) is 0 Å². The molecule has 1 saturated carbocycles. The fraction of sp³-hybridized carbons (Fsp3) is 0.467. The molecular weight excluding hydrogens is 348 g/mol. The molecule has 0 bridgehead atoms. The van der Waals surface area contributed by atoms with Crippen molar-refractivity contribution in [1.82, 2.24) is 10.0 Å². The van der Waals surface area contributed by atoms with Crippen LogP contribution in [0.25, 0.3) is 0 Å². The van der Waals surface area contributed by atoms with E-state index in [0.717, 1.165) is 12.1 Å². The molecule has 25 heavy (non-hydrogen) atoms. The van der Waals surface area contributed by atoms with Gasteiger partial charge in [0, 0.05) is 19.4 Å². The van der Waals surface area contributed by atoms with Crippen LogP contribution < -0.4 is 21.2 Å². The van der Waals surface area contributed by atoms with Crippen molar-refractivity contribution in [3.05, 3.63) is 24.0 Å². The molecule has 1 aromatic rings. The summed E-state index contributed by atoms with van der Waals surface area (Å²) in [6, 6.07) is 3.25. The number of benzene rings is 1. The summed E-state index contributed by atoms with van der Waals surface area (Å²) in [6.07, 6.45) is 1.42. The van der Waals surface area contributed by atoms with Gasteiger partial charge in [-0.05, 0) is 25.0 Å². The van der Waals surface area contributed by atoms with E-state index in [2.05, 4.69) is 10.0 Å². The van der Waals surface area contributed by atoms with Crippen molar-refractivity contribution in [3.8, 4) is 0 Å². The van der Waals surface area contributed by atoms with Crippen LogP contribution in [0.5, 0.6) is 0 Å². The minimum Gasteiger partial charge on any atom is -0.368 e. The summed E-state index contributed by atoms with van der Waals surface area (Å²) in [5, 5.41) is 2.56. The molecule has 1 aliphatic carbocycles. The molecule has 0 aromatic heterocycles. The number of halogens is 1. The quantitative estimate of drug-likeness (QED) is 0.562. The van der Waals surface area contributed by atoms with Crippen LogP contribution in [0.2, 0.25) is 0 Å². The molecule has 134 valence electrons. The fourth-order valence-electron chi connectivity index (χ4n) is 3.24. The molecule has 2 rings (SSSR count). The van der Waals surface area contributed by atoms with Gasteiger partial charge in [-0.3, -0.25) is 9.59 Å². The lowest BCUT2D eigenvalue weighted by molar-refractivity contribution is -0.132. The standard InChI is InChI=1S/C15H19BFN3O4S/c1-9(21)20-15(14(18)22)6-2-3-10(15)8-19-25(23,24)13-5-4-11(16)7-12(13)17/h4-5,7,10,19H,2-3,6,8H2,1H3,(H2,18,22)(H,20,21). The molecule has 1 fully saturated rings. The second-order valence-electron chi connectivity index (χ2n) is 6.15. The summed E-state index contributed by atoms with van der Waals surface area (Å²) in [7, 11) is 1.27. The average Bonchev–Trinajstić information content (AvgIpc) is 2.88. The Labute approximate surface area is 147 Å². The summed E-state index contributed by atoms with van der Waals surface area (Å²) in [6.45, 7) is 1.10. The van der Waals surface area contributed by atoms with E-state index in [-0.39, 0.29) is 12.0 Å². The number of hydrogen-bond acceptors (Lipinski definition) is 4. The average molecular weight is 367 g/mol. The highest BCUT2D eigenvalue weighted by Gasteiger charge is 2.48. The van der Waals surface area contributed by atoms with Gasteiger partial charge in [0.25, 0.3) is 0 Å². The Morgan fingerprint density at radius 1 is 1.44 bits per heavy atom. The maximum absolute atomic E-state index is 13.9. The van der Waals surface area contributed by atoms with Gasteiger partial charge in [-0.25, -0.2) is 17.5 Å². The molecule has 0 spiro atoms. The monoisotopic (exact) mass is 367 g/mol. The Hall–Kier alpha value is -1.94. The first-order chi connectivity index (χ1) is 11.6. The first-order valence-corrected chi connectivity index (χ1v) is 9.20. The van der Waals surface area contributed by atoms with Gasteiger partial charge in [0.1, 0.15) is 24.1 Å². The minimum absolute atomic E-state index is 0.102. The van der Waals surface area contributed by atoms with Crippen molar-refractivity contribution in [2.24, 2.45) is 11.7 Å². The first kappa shape index (κ1) is 19.4. The highest BCUT2D eigenvalue weighted by Crippen LogP contribution is 2.35. The van der Waals surface area contributed by atoms with Crippen LogP contribution in [0, 0.1) is 11.7 Å². The molecule has 2 atom stereocenters. The smallest absolute Gasteiger partial charge is 0.243 e. The van der Waals surface area contributed by atoms with Gasteiger partial charge in [0.2, 0.25) is 21.8 Å². The Balaban J connectivity index is 2.21. The van der Waals surface area contributed by atoms with Crippen LogP contribution in [-0.2, 0) is 19.6 Å². The largest absolute Gasteiger partial charge is 0.368 e. The number of nitrogens with two attached hydrogens (primary N) is 1. The number of amides is 2. The van der Waals surface area contributed by atoms with Crippen LogP contribution in [0.3, 0.4) is 0 Å². The third-order valence-corrected chi connectivity index (χ3v) is 5.88. The number of rotatable bonds is 6. The van der Waals surface area contributed by atoms with E-state index in [1.807, 2.05) is 0 Å². The predicted molar refractivity (Wildman–Crippen MR) is 90.1 cm³/mol. The summed E-state index contributed by atoms with van der Waals surface area (Å²) >= 11 is 0. The van der Waals surface area contributed by atoms with E-state index in [1.54, 1.807) is 0 Å². The molecule has 2 unspecified atom stereocenters. The fourth-order valence-corrected chi connectivity index (χ4v) is 4.38. The van der Waals surface area contributed by atoms with Crippen molar-refractivity contribution in [2.75, 3.05) is 6.54 Å². The molecule has 7 nitrogen and oxygen atoms in total. The summed E-state index contributed by atoms with van der Waals surface area (Å²) < 4.78 is 40.8. The Morgan fingerprint density at radius 3 is 2.68 bits per heavy atom. The molecular formula is C15H19BFN3O4S. The number of sulfonamides is 1. The van der Waals surface area contributed by atoms with Gasteiger partial charge < -0.3 is 11.1 Å². The van der Waals surface area contributed by atoms with Gasteiger partial charge in [-0.1, -0.05) is 17.9 Å². The van der Waals surface area contributed by atoms with Gasteiger partial charge in [-0.2, -0.15) is 0 Å².